The molecule has 2 aromatic carbocycles. The molecule has 4 heteroatoms. The van der Waals surface area contributed by atoms with Crippen molar-refractivity contribution in [3.8, 4) is 11.1 Å². The van der Waals surface area contributed by atoms with Crippen LogP contribution in [0.15, 0.2) is 48.5 Å². The maximum absolute atomic E-state index is 11.8. The number of amides is 1. The van der Waals surface area contributed by atoms with Crippen LogP contribution in [0.4, 0.5) is 4.79 Å². The minimum absolute atomic E-state index is 0.0238. The molecule has 0 spiro atoms. The number of alkyl carbamates (subject to hydrolysis) is 1. The average molecular weight is 313 g/mol. The zero-order chi connectivity index (χ0) is 16.9. The summed E-state index contributed by atoms with van der Waals surface area (Å²) in [7, 11) is 0. The van der Waals surface area contributed by atoms with Gasteiger partial charge in [-0.2, -0.15) is 0 Å². The number of hydrogen-bond acceptors (Lipinski definition) is 3. The SMILES string of the molecule is CC(C)(C)OC(=O)NCc1ccccc1-c1ccccc1CO. The number of carbonyl (C=O) groups excluding carboxylic acids is 1. The molecule has 0 aliphatic rings. The lowest BCUT2D eigenvalue weighted by Crippen LogP contribution is -2.32. The number of rotatable bonds is 4. The number of aliphatic hydroxyl groups excluding tert-OH is 1. The standard InChI is InChI=1S/C19H23NO3/c1-19(2,3)23-18(22)20-12-14-8-4-6-10-16(14)17-11-7-5-9-15(17)13-21/h4-11,21H,12-13H2,1-3H3,(H,20,22). The first kappa shape index (κ1) is 17.0. The second-order valence-corrected chi connectivity index (χ2v) is 6.33. The minimum Gasteiger partial charge on any atom is -0.444 e. The summed E-state index contributed by atoms with van der Waals surface area (Å²) in [5, 5.41) is 12.3. The van der Waals surface area contributed by atoms with Gasteiger partial charge in [0.05, 0.1) is 6.61 Å². The Labute approximate surface area is 137 Å². The second-order valence-electron chi connectivity index (χ2n) is 6.33. The summed E-state index contributed by atoms with van der Waals surface area (Å²) in [5.74, 6) is 0. The first-order chi connectivity index (χ1) is 10.9. The highest BCUT2D eigenvalue weighted by atomic mass is 16.6. The van der Waals surface area contributed by atoms with Gasteiger partial charge in [-0.1, -0.05) is 48.5 Å². The number of hydrogen-bond donors (Lipinski definition) is 2. The summed E-state index contributed by atoms with van der Waals surface area (Å²) in [6.45, 7) is 5.84. The Kier molecular flexibility index (Phi) is 5.40. The molecule has 4 nitrogen and oxygen atoms in total. The molecule has 0 unspecified atom stereocenters. The highest BCUT2D eigenvalue weighted by molar-refractivity contribution is 5.72. The Balaban J connectivity index is 2.20. The molecule has 2 rings (SSSR count). The van der Waals surface area contributed by atoms with E-state index in [1.165, 1.54) is 0 Å². The van der Waals surface area contributed by atoms with Crippen molar-refractivity contribution in [3.05, 3.63) is 59.7 Å². The smallest absolute Gasteiger partial charge is 0.407 e. The van der Waals surface area contributed by atoms with Gasteiger partial charge >= 0.3 is 6.09 Å². The molecule has 0 heterocycles. The fraction of sp³-hybridized carbons (Fsp3) is 0.316. The molecular formula is C19H23NO3. The normalized spacial score (nSPS) is 11.1. The Morgan fingerprint density at radius 3 is 2.09 bits per heavy atom. The van der Waals surface area contributed by atoms with Gasteiger partial charge in [0.25, 0.3) is 0 Å². The highest BCUT2D eigenvalue weighted by Gasteiger charge is 2.16. The maximum atomic E-state index is 11.8. The molecule has 2 N–H and O–H groups in total. The van der Waals surface area contributed by atoms with Crippen LogP contribution in [0.3, 0.4) is 0 Å². The summed E-state index contributed by atoms with van der Waals surface area (Å²) in [5.41, 5.74) is 3.27. The van der Waals surface area contributed by atoms with Gasteiger partial charge in [0.2, 0.25) is 0 Å². The van der Waals surface area contributed by atoms with Crippen molar-refractivity contribution in [2.45, 2.75) is 39.5 Å². The molecule has 1 amide bonds. The quantitative estimate of drug-likeness (QED) is 0.901. The topological polar surface area (TPSA) is 58.6 Å². The third-order valence-corrected chi connectivity index (χ3v) is 3.32. The van der Waals surface area contributed by atoms with Gasteiger partial charge < -0.3 is 15.2 Å². The maximum Gasteiger partial charge on any atom is 0.407 e. The predicted molar refractivity (Wildman–Crippen MR) is 90.9 cm³/mol. The van der Waals surface area contributed by atoms with Crippen molar-refractivity contribution in [1.29, 1.82) is 0 Å². The van der Waals surface area contributed by atoms with E-state index < -0.39 is 11.7 Å². The van der Waals surface area contributed by atoms with Gasteiger partial charge in [-0.3, -0.25) is 0 Å². The van der Waals surface area contributed by atoms with E-state index in [1.807, 2.05) is 69.3 Å². The van der Waals surface area contributed by atoms with Crippen molar-refractivity contribution in [2.75, 3.05) is 0 Å². The van der Waals surface area contributed by atoms with E-state index in [-0.39, 0.29) is 6.61 Å². The molecule has 0 aliphatic carbocycles. The van der Waals surface area contributed by atoms with Crippen molar-refractivity contribution in [2.24, 2.45) is 0 Å². The van der Waals surface area contributed by atoms with Crippen LogP contribution in [0.25, 0.3) is 11.1 Å². The fourth-order valence-corrected chi connectivity index (χ4v) is 2.34. The molecule has 0 aromatic heterocycles. The van der Waals surface area contributed by atoms with Gasteiger partial charge in [0.15, 0.2) is 0 Å². The van der Waals surface area contributed by atoms with E-state index in [4.69, 9.17) is 4.74 Å². The lowest BCUT2D eigenvalue weighted by atomic mass is 9.95. The molecule has 23 heavy (non-hydrogen) atoms. The van der Waals surface area contributed by atoms with Crippen molar-refractivity contribution in [1.82, 2.24) is 5.32 Å². The number of ether oxygens (including phenoxy) is 1. The van der Waals surface area contributed by atoms with Crippen LogP contribution >= 0.6 is 0 Å². The molecule has 122 valence electrons. The molecule has 2 aromatic rings. The van der Waals surface area contributed by atoms with Gasteiger partial charge in [-0.25, -0.2) is 4.79 Å². The summed E-state index contributed by atoms with van der Waals surface area (Å²) in [6.07, 6.45) is -0.442. The highest BCUT2D eigenvalue weighted by Crippen LogP contribution is 2.27. The Morgan fingerprint density at radius 2 is 1.52 bits per heavy atom. The van der Waals surface area contributed by atoms with E-state index in [1.54, 1.807) is 0 Å². The van der Waals surface area contributed by atoms with Crippen LogP contribution in [-0.2, 0) is 17.9 Å². The van der Waals surface area contributed by atoms with Crippen molar-refractivity contribution in [3.63, 3.8) is 0 Å². The number of carbonyl (C=O) groups is 1. The van der Waals surface area contributed by atoms with Gasteiger partial charge in [0, 0.05) is 6.54 Å². The average Bonchev–Trinajstić information content (AvgIpc) is 2.51. The summed E-state index contributed by atoms with van der Waals surface area (Å²) >= 11 is 0. The Hall–Kier alpha value is -2.33. The summed E-state index contributed by atoms with van der Waals surface area (Å²) in [6, 6.07) is 15.5. The molecule has 0 saturated carbocycles. The lowest BCUT2D eigenvalue weighted by molar-refractivity contribution is 0.0523. The third-order valence-electron chi connectivity index (χ3n) is 3.32. The van der Waals surface area contributed by atoms with Gasteiger partial charge in [-0.15, -0.1) is 0 Å². The molecular weight excluding hydrogens is 290 g/mol. The minimum atomic E-state index is -0.521. The lowest BCUT2D eigenvalue weighted by Gasteiger charge is -2.20. The second kappa shape index (κ2) is 7.29. The zero-order valence-electron chi connectivity index (χ0n) is 13.8. The molecule has 0 radical (unpaired) electrons. The van der Waals surface area contributed by atoms with E-state index in [2.05, 4.69) is 5.32 Å². The van der Waals surface area contributed by atoms with Crippen molar-refractivity contribution < 1.29 is 14.6 Å². The number of benzene rings is 2. The first-order valence-electron chi connectivity index (χ1n) is 7.64. The van der Waals surface area contributed by atoms with Crippen LogP contribution in [0, 0.1) is 0 Å². The number of aliphatic hydroxyl groups is 1. The molecule has 0 aliphatic heterocycles. The molecule has 0 atom stereocenters. The Morgan fingerprint density at radius 1 is 1.00 bits per heavy atom. The fourth-order valence-electron chi connectivity index (χ4n) is 2.34. The van der Waals surface area contributed by atoms with Gasteiger partial charge in [0.1, 0.15) is 5.60 Å². The van der Waals surface area contributed by atoms with E-state index >= 15 is 0 Å². The van der Waals surface area contributed by atoms with Crippen LogP contribution in [0.1, 0.15) is 31.9 Å². The van der Waals surface area contributed by atoms with Crippen LogP contribution in [0.5, 0.6) is 0 Å². The van der Waals surface area contributed by atoms with Crippen LogP contribution < -0.4 is 5.32 Å². The van der Waals surface area contributed by atoms with E-state index in [0.717, 1.165) is 22.3 Å². The van der Waals surface area contributed by atoms with Crippen molar-refractivity contribution >= 4 is 6.09 Å². The predicted octanol–water partition coefficient (Wildman–Crippen LogP) is 3.87. The monoisotopic (exact) mass is 313 g/mol. The van der Waals surface area contributed by atoms with Crippen LogP contribution in [-0.4, -0.2) is 16.8 Å². The van der Waals surface area contributed by atoms with Crippen LogP contribution in [0.2, 0.25) is 0 Å². The third kappa shape index (κ3) is 4.83. The largest absolute Gasteiger partial charge is 0.444 e. The number of nitrogens with one attached hydrogen (secondary N) is 1. The first-order valence-corrected chi connectivity index (χ1v) is 7.64. The molecule has 0 fully saturated rings. The van der Waals surface area contributed by atoms with E-state index in [0.29, 0.717) is 6.54 Å². The Bertz CT molecular complexity index is 674. The zero-order valence-corrected chi connectivity index (χ0v) is 13.8. The van der Waals surface area contributed by atoms with Gasteiger partial charge in [-0.05, 0) is 43.0 Å². The summed E-state index contributed by atoms with van der Waals surface area (Å²) < 4.78 is 5.26. The molecule has 0 bridgehead atoms. The molecule has 0 saturated heterocycles. The summed E-state index contributed by atoms with van der Waals surface area (Å²) in [4.78, 5) is 11.8. The van der Waals surface area contributed by atoms with E-state index in [9.17, 15) is 9.90 Å².